The summed E-state index contributed by atoms with van der Waals surface area (Å²) in [5, 5.41) is 6.12. The van der Waals surface area contributed by atoms with E-state index in [-0.39, 0.29) is 5.91 Å². The Bertz CT molecular complexity index is 919. The number of amides is 1. The zero-order chi connectivity index (χ0) is 16.9. The fourth-order valence-electron chi connectivity index (χ4n) is 2.51. The van der Waals surface area contributed by atoms with Gasteiger partial charge >= 0.3 is 0 Å². The molecule has 0 spiro atoms. The molecule has 1 amide bonds. The average molecular weight is 319 g/mol. The number of nitrogens with two attached hydrogens (primary N) is 1. The van der Waals surface area contributed by atoms with E-state index >= 15 is 0 Å². The molecule has 0 aromatic heterocycles. The molecule has 0 saturated carbocycles. The van der Waals surface area contributed by atoms with Gasteiger partial charge in [0.05, 0.1) is 18.9 Å². The first-order valence-electron chi connectivity index (χ1n) is 7.44. The number of anilines is 1. The highest BCUT2D eigenvalue weighted by atomic mass is 16.5. The fraction of sp³-hybridized carbons (Fsp3) is 0.0526. The van der Waals surface area contributed by atoms with E-state index in [1.165, 1.54) is 0 Å². The molecule has 3 N–H and O–H groups in total. The molecule has 0 bridgehead atoms. The van der Waals surface area contributed by atoms with Crippen LogP contribution in [0.2, 0.25) is 0 Å². The summed E-state index contributed by atoms with van der Waals surface area (Å²) in [7, 11) is 1.60. The lowest BCUT2D eigenvalue weighted by Gasteiger charge is -2.08. The normalized spacial score (nSPS) is 10.9. The van der Waals surface area contributed by atoms with Gasteiger partial charge in [-0.1, -0.05) is 42.5 Å². The van der Waals surface area contributed by atoms with Gasteiger partial charge in [0.15, 0.2) is 0 Å². The smallest absolute Gasteiger partial charge is 0.273 e. The molecule has 0 saturated heterocycles. The van der Waals surface area contributed by atoms with Crippen molar-refractivity contribution in [2.75, 3.05) is 12.8 Å². The molecule has 3 aromatic rings. The third-order valence-corrected chi connectivity index (χ3v) is 3.72. The van der Waals surface area contributed by atoms with Crippen LogP contribution in [-0.2, 0) is 0 Å². The van der Waals surface area contributed by atoms with Crippen molar-refractivity contribution in [1.29, 1.82) is 0 Å². The van der Waals surface area contributed by atoms with Crippen molar-refractivity contribution in [3.05, 3.63) is 71.8 Å². The number of nitrogen functional groups attached to an aromatic ring is 1. The van der Waals surface area contributed by atoms with Crippen LogP contribution in [0.4, 0.5) is 5.69 Å². The van der Waals surface area contributed by atoms with Crippen LogP contribution in [0, 0.1) is 0 Å². The molecule has 0 aliphatic carbocycles. The summed E-state index contributed by atoms with van der Waals surface area (Å²) in [6.07, 6.45) is 1.58. The van der Waals surface area contributed by atoms with Crippen LogP contribution < -0.4 is 15.9 Å². The van der Waals surface area contributed by atoms with Gasteiger partial charge < -0.3 is 10.5 Å². The number of hydrazone groups is 1. The van der Waals surface area contributed by atoms with E-state index in [4.69, 9.17) is 10.5 Å². The maximum Gasteiger partial charge on any atom is 0.273 e. The number of methoxy groups -OCH3 is 1. The number of nitrogens with zero attached hydrogens (tertiary/aromatic N) is 1. The van der Waals surface area contributed by atoms with Crippen LogP contribution in [0.15, 0.2) is 65.8 Å². The fourth-order valence-corrected chi connectivity index (χ4v) is 2.51. The van der Waals surface area contributed by atoms with Gasteiger partial charge in [-0.25, -0.2) is 5.43 Å². The molecule has 0 radical (unpaired) electrons. The highest BCUT2D eigenvalue weighted by molar-refractivity contribution is 6.03. The minimum Gasteiger partial charge on any atom is -0.496 e. The Balaban J connectivity index is 1.88. The molecule has 0 unspecified atom stereocenters. The third-order valence-electron chi connectivity index (χ3n) is 3.72. The molecule has 3 aromatic carbocycles. The Morgan fingerprint density at radius 1 is 1.08 bits per heavy atom. The summed E-state index contributed by atoms with van der Waals surface area (Å²) in [4.78, 5) is 12.1. The molecular weight excluding hydrogens is 302 g/mol. The van der Waals surface area contributed by atoms with Crippen molar-refractivity contribution < 1.29 is 9.53 Å². The molecule has 0 aliphatic heterocycles. The summed E-state index contributed by atoms with van der Waals surface area (Å²) in [6.45, 7) is 0. The van der Waals surface area contributed by atoms with E-state index in [1.807, 2.05) is 36.4 Å². The van der Waals surface area contributed by atoms with Crippen LogP contribution in [0.1, 0.15) is 15.9 Å². The first-order chi connectivity index (χ1) is 11.7. The average Bonchev–Trinajstić information content (AvgIpc) is 2.62. The Labute approximate surface area is 139 Å². The maximum absolute atomic E-state index is 12.1. The van der Waals surface area contributed by atoms with Crippen molar-refractivity contribution in [2.45, 2.75) is 0 Å². The second-order valence-electron chi connectivity index (χ2n) is 5.19. The number of ether oxygens (including phenoxy) is 1. The van der Waals surface area contributed by atoms with E-state index in [2.05, 4.69) is 10.5 Å². The van der Waals surface area contributed by atoms with E-state index in [1.54, 1.807) is 37.6 Å². The first-order valence-corrected chi connectivity index (χ1v) is 7.44. The summed E-state index contributed by atoms with van der Waals surface area (Å²) in [6, 6.07) is 18.6. The van der Waals surface area contributed by atoms with Gasteiger partial charge in [0.1, 0.15) is 5.75 Å². The van der Waals surface area contributed by atoms with Gasteiger partial charge in [-0.2, -0.15) is 5.10 Å². The summed E-state index contributed by atoms with van der Waals surface area (Å²) in [5.74, 6) is 0.328. The predicted molar refractivity (Wildman–Crippen MR) is 96.4 cm³/mol. The number of benzene rings is 3. The largest absolute Gasteiger partial charge is 0.496 e. The van der Waals surface area contributed by atoms with Gasteiger partial charge in [0.25, 0.3) is 5.91 Å². The molecule has 0 aliphatic rings. The second kappa shape index (κ2) is 6.83. The standard InChI is InChI=1S/C19H17N3O2/c1-24-18-11-10-13-6-2-3-7-14(13)16(18)12-21-22-19(23)15-8-4-5-9-17(15)20/h2-12H,20H2,1H3,(H,22,23)/b21-12+. The molecule has 3 rings (SSSR count). The van der Waals surface area contributed by atoms with Crippen LogP contribution in [0.3, 0.4) is 0 Å². The number of hydrogen-bond acceptors (Lipinski definition) is 4. The molecule has 0 heterocycles. The highest BCUT2D eigenvalue weighted by Gasteiger charge is 2.08. The van der Waals surface area contributed by atoms with Crippen molar-refractivity contribution in [1.82, 2.24) is 5.43 Å². The van der Waals surface area contributed by atoms with E-state index < -0.39 is 0 Å². The van der Waals surface area contributed by atoms with Gasteiger partial charge in [-0.3, -0.25) is 4.79 Å². The van der Waals surface area contributed by atoms with Gasteiger partial charge in [0.2, 0.25) is 0 Å². The molecule has 0 atom stereocenters. The lowest BCUT2D eigenvalue weighted by atomic mass is 10.0. The topological polar surface area (TPSA) is 76.7 Å². The summed E-state index contributed by atoms with van der Waals surface area (Å²) in [5.41, 5.74) is 9.89. The Morgan fingerprint density at radius 3 is 2.62 bits per heavy atom. The monoisotopic (exact) mass is 319 g/mol. The Hall–Kier alpha value is -3.34. The van der Waals surface area contributed by atoms with E-state index in [9.17, 15) is 4.79 Å². The van der Waals surface area contributed by atoms with Gasteiger partial charge in [-0.05, 0) is 29.0 Å². The molecular formula is C19H17N3O2. The van der Waals surface area contributed by atoms with E-state index in [0.29, 0.717) is 17.0 Å². The number of nitrogens with one attached hydrogen (secondary N) is 1. The van der Waals surface area contributed by atoms with Crippen molar-refractivity contribution in [3.63, 3.8) is 0 Å². The number of para-hydroxylation sites is 1. The van der Waals surface area contributed by atoms with Crippen molar-refractivity contribution in [3.8, 4) is 5.75 Å². The lowest BCUT2D eigenvalue weighted by molar-refractivity contribution is 0.0956. The van der Waals surface area contributed by atoms with Crippen LogP contribution in [-0.4, -0.2) is 19.2 Å². The molecule has 24 heavy (non-hydrogen) atoms. The number of fused-ring (bicyclic) bond motifs is 1. The number of hydrogen-bond donors (Lipinski definition) is 2. The van der Waals surface area contributed by atoms with Crippen LogP contribution >= 0.6 is 0 Å². The Kier molecular flexibility index (Phi) is 4.43. The number of rotatable bonds is 4. The van der Waals surface area contributed by atoms with Crippen LogP contribution in [0.5, 0.6) is 5.75 Å². The SMILES string of the molecule is COc1ccc2ccccc2c1/C=N/NC(=O)c1ccccc1N. The zero-order valence-electron chi connectivity index (χ0n) is 13.2. The number of carbonyl (C=O) groups excluding carboxylic acids is 1. The van der Waals surface area contributed by atoms with Crippen molar-refractivity contribution >= 4 is 28.6 Å². The zero-order valence-corrected chi connectivity index (χ0v) is 13.2. The molecule has 120 valence electrons. The summed E-state index contributed by atoms with van der Waals surface area (Å²) >= 11 is 0. The lowest BCUT2D eigenvalue weighted by Crippen LogP contribution is -2.19. The third kappa shape index (κ3) is 3.05. The van der Waals surface area contributed by atoms with E-state index in [0.717, 1.165) is 16.3 Å². The van der Waals surface area contributed by atoms with Crippen LogP contribution in [0.25, 0.3) is 10.8 Å². The first kappa shape index (κ1) is 15.6. The number of carbonyl (C=O) groups is 1. The van der Waals surface area contributed by atoms with Crippen molar-refractivity contribution in [2.24, 2.45) is 5.10 Å². The van der Waals surface area contributed by atoms with Gasteiger partial charge in [0, 0.05) is 11.3 Å². The summed E-state index contributed by atoms with van der Waals surface area (Å²) < 4.78 is 5.39. The Morgan fingerprint density at radius 2 is 1.83 bits per heavy atom. The van der Waals surface area contributed by atoms with Gasteiger partial charge in [-0.15, -0.1) is 0 Å². The molecule has 0 fully saturated rings. The minimum atomic E-state index is -0.358. The quantitative estimate of drug-likeness (QED) is 0.440. The minimum absolute atomic E-state index is 0.358. The predicted octanol–water partition coefficient (Wildman–Crippen LogP) is 3.19. The highest BCUT2D eigenvalue weighted by Crippen LogP contribution is 2.26. The second-order valence-corrected chi connectivity index (χ2v) is 5.19. The molecule has 5 heteroatoms. The maximum atomic E-state index is 12.1. The molecule has 5 nitrogen and oxygen atoms in total.